The van der Waals surface area contributed by atoms with Gasteiger partial charge in [0, 0.05) is 36.3 Å². The Balaban J connectivity index is 1.79. The Hall–Kier alpha value is -3.23. The fourth-order valence-electron chi connectivity index (χ4n) is 3.44. The standard InChI is InChI=1S/C24H21N3O3S2/c1-15-8-9-16(2)19(12-15)22-17(14-27(25-22)18-6-4-3-5-7-18)13-20-23(30)26(24(31)32-20)11-10-21(28)29/h3-9,12-14H,10-11H2,1-2H3,(H,28,29)/p-1/b20-13-. The fourth-order valence-corrected chi connectivity index (χ4v) is 4.74. The van der Waals surface area contributed by atoms with Gasteiger partial charge in [0.15, 0.2) is 0 Å². The number of benzene rings is 2. The summed E-state index contributed by atoms with van der Waals surface area (Å²) in [6.07, 6.45) is 3.40. The van der Waals surface area contributed by atoms with Crippen LogP contribution < -0.4 is 5.11 Å². The molecule has 32 heavy (non-hydrogen) atoms. The Morgan fingerprint density at radius 1 is 1.19 bits per heavy atom. The second kappa shape index (κ2) is 9.10. The molecule has 0 spiro atoms. The molecule has 162 valence electrons. The summed E-state index contributed by atoms with van der Waals surface area (Å²) in [6.45, 7) is 4.05. The quantitative estimate of drug-likeness (QED) is 0.412. The van der Waals surface area contributed by atoms with Gasteiger partial charge in [-0.15, -0.1) is 0 Å². The molecule has 1 aliphatic heterocycles. The lowest BCUT2D eigenvalue weighted by Gasteiger charge is -2.14. The molecule has 6 nitrogen and oxygen atoms in total. The SMILES string of the molecule is Cc1ccc(C)c(-c2nn(-c3ccccc3)cc2/C=C2\SC(=S)N(CCC(=O)[O-])C2=O)c1. The van der Waals surface area contributed by atoms with Crippen molar-refractivity contribution in [1.82, 2.24) is 14.7 Å². The lowest BCUT2D eigenvalue weighted by atomic mass is 10.0. The van der Waals surface area contributed by atoms with Crippen LogP contribution in [0.4, 0.5) is 0 Å². The molecule has 1 saturated heterocycles. The molecule has 1 aliphatic rings. The Labute approximate surface area is 195 Å². The highest BCUT2D eigenvalue weighted by Crippen LogP contribution is 2.35. The van der Waals surface area contributed by atoms with E-state index in [4.69, 9.17) is 17.3 Å². The number of aryl methyl sites for hydroxylation is 2. The van der Waals surface area contributed by atoms with E-state index >= 15 is 0 Å². The van der Waals surface area contributed by atoms with Crippen molar-refractivity contribution in [3.8, 4) is 16.9 Å². The number of hydrogen-bond donors (Lipinski definition) is 0. The first-order chi connectivity index (χ1) is 15.3. The van der Waals surface area contributed by atoms with Crippen LogP contribution in [0.2, 0.25) is 0 Å². The number of carbonyl (C=O) groups excluding carboxylic acids is 2. The molecule has 3 aromatic rings. The number of hydrogen-bond acceptors (Lipinski definition) is 6. The second-order valence-corrected chi connectivity index (χ2v) is 9.16. The molecule has 0 saturated carbocycles. The molecular weight excluding hydrogens is 442 g/mol. The Morgan fingerprint density at radius 2 is 1.94 bits per heavy atom. The maximum absolute atomic E-state index is 12.9. The summed E-state index contributed by atoms with van der Waals surface area (Å²) in [5.41, 5.74) is 5.61. The number of carbonyl (C=O) groups is 2. The smallest absolute Gasteiger partial charge is 0.266 e. The van der Waals surface area contributed by atoms with Gasteiger partial charge >= 0.3 is 0 Å². The van der Waals surface area contributed by atoms with Gasteiger partial charge in [0.2, 0.25) is 0 Å². The molecule has 1 fully saturated rings. The molecule has 0 bridgehead atoms. The van der Waals surface area contributed by atoms with Gasteiger partial charge in [-0.2, -0.15) is 5.10 Å². The number of para-hydroxylation sites is 1. The van der Waals surface area contributed by atoms with Gasteiger partial charge in [-0.1, -0.05) is 59.9 Å². The average Bonchev–Trinajstić information content (AvgIpc) is 3.30. The van der Waals surface area contributed by atoms with E-state index in [1.165, 1.54) is 4.90 Å². The van der Waals surface area contributed by atoms with Crippen LogP contribution in [0.25, 0.3) is 23.0 Å². The minimum Gasteiger partial charge on any atom is -0.550 e. The highest BCUT2D eigenvalue weighted by Gasteiger charge is 2.32. The third kappa shape index (κ3) is 4.51. The number of thiocarbonyl (C=S) groups is 1. The highest BCUT2D eigenvalue weighted by atomic mass is 32.2. The van der Waals surface area contributed by atoms with Crippen molar-refractivity contribution in [2.45, 2.75) is 20.3 Å². The molecule has 0 aliphatic carbocycles. The van der Waals surface area contributed by atoms with Gasteiger partial charge in [-0.05, 0) is 43.7 Å². The van der Waals surface area contributed by atoms with Gasteiger partial charge in [-0.25, -0.2) is 4.68 Å². The summed E-state index contributed by atoms with van der Waals surface area (Å²) in [5, 5.41) is 15.7. The van der Waals surface area contributed by atoms with E-state index < -0.39 is 5.97 Å². The zero-order valence-electron chi connectivity index (χ0n) is 17.6. The number of rotatable bonds is 6. The van der Waals surface area contributed by atoms with E-state index in [1.807, 2.05) is 50.4 Å². The molecular formula is C24H20N3O3S2-. The van der Waals surface area contributed by atoms with Crippen molar-refractivity contribution in [2.75, 3.05) is 6.54 Å². The van der Waals surface area contributed by atoms with E-state index in [9.17, 15) is 14.7 Å². The average molecular weight is 463 g/mol. The second-order valence-electron chi connectivity index (χ2n) is 7.49. The maximum atomic E-state index is 12.9. The van der Waals surface area contributed by atoms with Crippen LogP contribution in [0.15, 0.2) is 59.6 Å². The third-order valence-corrected chi connectivity index (χ3v) is 6.49. The molecule has 0 atom stereocenters. The number of carboxylic acid groups (broad SMARTS) is 1. The monoisotopic (exact) mass is 462 g/mol. The number of nitrogens with zero attached hydrogens (tertiary/aromatic N) is 3. The van der Waals surface area contributed by atoms with Crippen LogP contribution in [0.1, 0.15) is 23.1 Å². The van der Waals surface area contributed by atoms with Crippen molar-refractivity contribution in [2.24, 2.45) is 0 Å². The van der Waals surface area contributed by atoms with E-state index in [1.54, 1.807) is 10.8 Å². The van der Waals surface area contributed by atoms with Crippen molar-refractivity contribution >= 4 is 46.3 Å². The molecule has 2 heterocycles. The summed E-state index contributed by atoms with van der Waals surface area (Å²) < 4.78 is 2.13. The van der Waals surface area contributed by atoms with Gasteiger partial charge in [0.25, 0.3) is 5.91 Å². The van der Waals surface area contributed by atoms with Crippen LogP contribution in [0, 0.1) is 13.8 Å². The zero-order chi connectivity index (χ0) is 22.8. The van der Waals surface area contributed by atoms with Gasteiger partial charge in [0.05, 0.1) is 10.6 Å². The van der Waals surface area contributed by atoms with Crippen molar-refractivity contribution < 1.29 is 14.7 Å². The van der Waals surface area contributed by atoms with Crippen LogP contribution in [0.3, 0.4) is 0 Å². The number of carboxylic acids is 1. The lowest BCUT2D eigenvalue weighted by molar-refractivity contribution is -0.305. The largest absolute Gasteiger partial charge is 0.550 e. The van der Waals surface area contributed by atoms with Crippen LogP contribution in [-0.4, -0.2) is 37.4 Å². The summed E-state index contributed by atoms with van der Waals surface area (Å²) >= 11 is 6.47. The summed E-state index contributed by atoms with van der Waals surface area (Å²) in [6, 6.07) is 15.9. The normalized spacial score (nSPS) is 15.1. The predicted octanol–water partition coefficient (Wildman–Crippen LogP) is 3.50. The van der Waals surface area contributed by atoms with Crippen LogP contribution >= 0.6 is 24.0 Å². The maximum Gasteiger partial charge on any atom is 0.266 e. The lowest BCUT2D eigenvalue weighted by Crippen LogP contribution is -2.33. The number of aliphatic carboxylic acids is 1. The van der Waals surface area contributed by atoms with Gasteiger partial charge < -0.3 is 9.90 Å². The van der Waals surface area contributed by atoms with Gasteiger partial charge in [0.1, 0.15) is 10.0 Å². The molecule has 1 amide bonds. The first-order valence-electron chi connectivity index (χ1n) is 10.0. The molecule has 0 unspecified atom stereocenters. The van der Waals surface area contributed by atoms with Gasteiger partial charge in [-0.3, -0.25) is 9.69 Å². The fraction of sp³-hybridized carbons (Fsp3) is 0.167. The molecule has 0 N–H and O–H groups in total. The third-order valence-electron chi connectivity index (χ3n) is 5.11. The molecule has 4 rings (SSSR count). The minimum atomic E-state index is -1.22. The van der Waals surface area contributed by atoms with E-state index in [0.717, 1.165) is 45.4 Å². The predicted molar refractivity (Wildman–Crippen MR) is 128 cm³/mol. The van der Waals surface area contributed by atoms with Crippen LogP contribution in [0.5, 0.6) is 0 Å². The molecule has 2 aromatic carbocycles. The number of amides is 1. The summed E-state index contributed by atoms with van der Waals surface area (Å²) in [7, 11) is 0. The van der Waals surface area contributed by atoms with Crippen molar-refractivity contribution in [3.05, 3.63) is 76.3 Å². The molecule has 0 radical (unpaired) electrons. The summed E-state index contributed by atoms with van der Waals surface area (Å²) in [4.78, 5) is 25.4. The zero-order valence-corrected chi connectivity index (χ0v) is 19.2. The Bertz CT molecular complexity index is 1250. The van der Waals surface area contributed by atoms with E-state index in [2.05, 4.69) is 18.2 Å². The highest BCUT2D eigenvalue weighted by molar-refractivity contribution is 8.26. The Morgan fingerprint density at radius 3 is 2.66 bits per heavy atom. The number of thioether (sulfide) groups is 1. The van der Waals surface area contributed by atoms with Crippen molar-refractivity contribution in [3.63, 3.8) is 0 Å². The van der Waals surface area contributed by atoms with Crippen LogP contribution in [-0.2, 0) is 9.59 Å². The number of aromatic nitrogens is 2. The first-order valence-corrected chi connectivity index (χ1v) is 11.2. The molecule has 8 heteroatoms. The van der Waals surface area contributed by atoms with E-state index in [-0.39, 0.29) is 18.9 Å². The molecule has 1 aromatic heterocycles. The first kappa shape index (κ1) is 22.0. The topological polar surface area (TPSA) is 78.3 Å². The Kier molecular flexibility index (Phi) is 6.25. The minimum absolute atomic E-state index is 0.00252. The summed E-state index contributed by atoms with van der Waals surface area (Å²) in [5.74, 6) is -1.52. The van der Waals surface area contributed by atoms with E-state index in [0.29, 0.717) is 9.23 Å². The van der Waals surface area contributed by atoms with Crippen molar-refractivity contribution in [1.29, 1.82) is 0 Å².